The minimum absolute atomic E-state index is 0.00242. The van der Waals surface area contributed by atoms with Crippen LogP contribution in [0.2, 0.25) is 0 Å². The van der Waals surface area contributed by atoms with Crippen molar-refractivity contribution >= 4 is 11.7 Å². The molecule has 8 heteroatoms. The Kier molecular flexibility index (Phi) is 4.94. The van der Waals surface area contributed by atoms with Crippen LogP contribution in [0.3, 0.4) is 0 Å². The van der Waals surface area contributed by atoms with Gasteiger partial charge in [0.2, 0.25) is 5.91 Å². The molecule has 130 valence electrons. The Morgan fingerprint density at radius 1 is 1.42 bits per heavy atom. The van der Waals surface area contributed by atoms with E-state index in [1.54, 1.807) is 4.68 Å². The molecule has 0 bridgehead atoms. The molecule has 1 amide bonds. The molecular weight excluding hydrogens is 306 g/mol. The summed E-state index contributed by atoms with van der Waals surface area (Å²) < 4.78 is 1.69. The summed E-state index contributed by atoms with van der Waals surface area (Å²) in [4.78, 5) is 18.9. The molecule has 3 rings (SSSR count). The summed E-state index contributed by atoms with van der Waals surface area (Å²) in [6, 6.07) is 1.87. The number of aromatic nitrogens is 5. The van der Waals surface area contributed by atoms with Gasteiger partial charge >= 0.3 is 0 Å². The number of piperidine rings is 1. The van der Waals surface area contributed by atoms with E-state index in [9.17, 15) is 4.79 Å². The second-order valence-corrected chi connectivity index (χ2v) is 6.39. The monoisotopic (exact) mass is 331 g/mol. The molecular formula is C16H25N7O. The molecule has 2 N–H and O–H groups in total. The first-order chi connectivity index (χ1) is 11.5. The van der Waals surface area contributed by atoms with Crippen LogP contribution in [0.25, 0.3) is 0 Å². The zero-order valence-corrected chi connectivity index (χ0v) is 14.5. The van der Waals surface area contributed by atoms with Crippen molar-refractivity contribution in [1.29, 1.82) is 0 Å². The number of carbonyl (C=O) groups is 1. The first-order valence-electron chi connectivity index (χ1n) is 8.49. The summed E-state index contributed by atoms with van der Waals surface area (Å²) >= 11 is 0. The summed E-state index contributed by atoms with van der Waals surface area (Å²) in [5.41, 5.74) is 0.895. The molecule has 0 aliphatic carbocycles. The van der Waals surface area contributed by atoms with E-state index in [2.05, 4.69) is 37.4 Å². The van der Waals surface area contributed by atoms with Gasteiger partial charge in [-0.1, -0.05) is 6.92 Å². The van der Waals surface area contributed by atoms with E-state index < -0.39 is 0 Å². The predicted octanol–water partition coefficient (Wildman–Crippen LogP) is 1.23. The van der Waals surface area contributed by atoms with E-state index in [1.807, 2.05) is 20.0 Å². The van der Waals surface area contributed by atoms with Crippen LogP contribution in [0.15, 0.2) is 6.07 Å². The van der Waals surface area contributed by atoms with Crippen LogP contribution in [-0.2, 0) is 18.3 Å². The highest BCUT2D eigenvalue weighted by Crippen LogP contribution is 2.25. The van der Waals surface area contributed by atoms with Crippen molar-refractivity contribution in [2.45, 2.75) is 39.0 Å². The third-order valence-electron chi connectivity index (χ3n) is 4.47. The van der Waals surface area contributed by atoms with E-state index in [4.69, 9.17) is 0 Å². The van der Waals surface area contributed by atoms with Crippen molar-refractivity contribution in [3.8, 4) is 0 Å². The van der Waals surface area contributed by atoms with Gasteiger partial charge < -0.3 is 5.32 Å². The average Bonchev–Trinajstić information content (AvgIpc) is 3.15. The van der Waals surface area contributed by atoms with Crippen LogP contribution in [0.5, 0.6) is 0 Å². The minimum Gasteiger partial charge on any atom is -0.310 e. The summed E-state index contributed by atoms with van der Waals surface area (Å²) in [5, 5.41) is 14.5. The number of carbonyl (C=O) groups excluding carboxylic acids is 1. The van der Waals surface area contributed by atoms with Gasteiger partial charge in [0.25, 0.3) is 0 Å². The molecule has 0 aromatic carbocycles. The number of nitrogens with one attached hydrogen (secondary N) is 2. The summed E-state index contributed by atoms with van der Waals surface area (Å²) in [6.07, 6.45) is 2.84. The predicted molar refractivity (Wildman–Crippen MR) is 90.8 cm³/mol. The van der Waals surface area contributed by atoms with E-state index in [0.717, 1.165) is 55.5 Å². The maximum Gasteiger partial charge on any atom is 0.239 e. The lowest BCUT2D eigenvalue weighted by molar-refractivity contribution is -0.117. The molecule has 24 heavy (non-hydrogen) atoms. The fourth-order valence-corrected chi connectivity index (χ4v) is 3.11. The van der Waals surface area contributed by atoms with Gasteiger partial charge in [-0.25, -0.2) is 4.98 Å². The fraction of sp³-hybridized carbons (Fsp3) is 0.625. The van der Waals surface area contributed by atoms with Gasteiger partial charge in [-0.2, -0.15) is 10.2 Å². The fourth-order valence-electron chi connectivity index (χ4n) is 3.11. The largest absolute Gasteiger partial charge is 0.310 e. The number of rotatable bonds is 5. The van der Waals surface area contributed by atoms with Crippen molar-refractivity contribution in [2.24, 2.45) is 7.05 Å². The number of amides is 1. The zero-order chi connectivity index (χ0) is 17.1. The maximum atomic E-state index is 12.2. The number of anilines is 1. The quantitative estimate of drug-likeness (QED) is 0.860. The van der Waals surface area contributed by atoms with Crippen LogP contribution < -0.4 is 5.32 Å². The number of H-pyrrole nitrogens is 1. The van der Waals surface area contributed by atoms with Crippen molar-refractivity contribution in [2.75, 3.05) is 25.0 Å². The van der Waals surface area contributed by atoms with Crippen molar-refractivity contribution < 1.29 is 4.79 Å². The second kappa shape index (κ2) is 7.12. The topological polar surface area (TPSA) is 91.7 Å². The van der Waals surface area contributed by atoms with E-state index >= 15 is 0 Å². The Labute approximate surface area is 141 Å². The van der Waals surface area contributed by atoms with Gasteiger partial charge in [0.1, 0.15) is 11.6 Å². The summed E-state index contributed by atoms with van der Waals surface area (Å²) in [7, 11) is 1.83. The number of aromatic amines is 1. The Hall–Kier alpha value is -2.22. The average molecular weight is 331 g/mol. The van der Waals surface area contributed by atoms with Gasteiger partial charge in [-0.15, -0.1) is 0 Å². The van der Waals surface area contributed by atoms with Crippen LogP contribution >= 0.6 is 0 Å². The Balaban J connectivity index is 1.48. The minimum atomic E-state index is 0.00242. The van der Waals surface area contributed by atoms with Gasteiger partial charge in [0.15, 0.2) is 5.82 Å². The molecule has 3 heterocycles. The molecule has 2 aromatic rings. The van der Waals surface area contributed by atoms with Crippen LogP contribution in [-0.4, -0.2) is 55.4 Å². The van der Waals surface area contributed by atoms with Crippen LogP contribution in [0.1, 0.15) is 43.0 Å². The SMILES string of the molecule is CCc1nc(C2CCN(CC(=O)Nc3cc(C)nn3C)CC2)n[nH]1. The molecule has 1 aliphatic rings. The summed E-state index contributed by atoms with van der Waals surface area (Å²) in [6.45, 7) is 6.16. The van der Waals surface area contributed by atoms with Crippen molar-refractivity contribution in [3.05, 3.63) is 23.4 Å². The molecule has 1 aliphatic heterocycles. The highest BCUT2D eigenvalue weighted by Gasteiger charge is 2.24. The number of nitrogens with zero attached hydrogens (tertiary/aromatic N) is 5. The van der Waals surface area contributed by atoms with Crippen molar-refractivity contribution in [3.63, 3.8) is 0 Å². The third kappa shape index (κ3) is 3.81. The third-order valence-corrected chi connectivity index (χ3v) is 4.47. The van der Waals surface area contributed by atoms with E-state index in [1.165, 1.54) is 0 Å². The number of hydrogen-bond acceptors (Lipinski definition) is 5. The first-order valence-corrected chi connectivity index (χ1v) is 8.49. The van der Waals surface area contributed by atoms with E-state index in [-0.39, 0.29) is 5.91 Å². The lowest BCUT2D eigenvalue weighted by atomic mass is 9.96. The second-order valence-electron chi connectivity index (χ2n) is 6.39. The van der Waals surface area contributed by atoms with Gasteiger partial charge in [0, 0.05) is 25.5 Å². The molecule has 8 nitrogen and oxygen atoms in total. The molecule has 0 unspecified atom stereocenters. The zero-order valence-electron chi connectivity index (χ0n) is 14.5. The molecule has 0 atom stereocenters. The Morgan fingerprint density at radius 3 is 2.75 bits per heavy atom. The van der Waals surface area contributed by atoms with Crippen LogP contribution in [0, 0.1) is 6.92 Å². The molecule has 0 radical (unpaired) electrons. The molecule has 2 aromatic heterocycles. The van der Waals surface area contributed by atoms with Gasteiger partial charge in [0.05, 0.1) is 12.2 Å². The maximum absolute atomic E-state index is 12.2. The van der Waals surface area contributed by atoms with Crippen LogP contribution in [0.4, 0.5) is 5.82 Å². The normalized spacial score (nSPS) is 16.5. The lowest BCUT2D eigenvalue weighted by Gasteiger charge is -2.30. The number of likely N-dealkylation sites (tertiary alicyclic amines) is 1. The lowest BCUT2D eigenvalue weighted by Crippen LogP contribution is -2.39. The number of hydrogen-bond donors (Lipinski definition) is 2. The highest BCUT2D eigenvalue weighted by atomic mass is 16.2. The molecule has 0 saturated carbocycles. The van der Waals surface area contributed by atoms with E-state index in [0.29, 0.717) is 12.5 Å². The number of aryl methyl sites for hydroxylation is 3. The Bertz CT molecular complexity index is 697. The first kappa shape index (κ1) is 16.6. The van der Waals surface area contributed by atoms with Gasteiger partial charge in [-0.05, 0) is 32.9 Å². The highest BCUT2D eigenvalue weighted by molar-refractivity contribution is 5.91. The molecule has 0 spiro atoms. The molecule has 1 fully saturated rings. The summed E-state index contributed by atoms with van der Waals surface area (Å²) in [5.74, 6) is 2.99. The molecule has 1 saturated heterocycles. The Morgan fingerprint density at radius 2 is 2.17 bits per heavy atom. The standard InChI is InChI=1S/C16H25N7O/c1-4-13-17-16(20-19-13)12-5-7-23(8-6-12)10-15(24)18-14-9-11(2)21-22(14)3/h9,12H,4-8,10H2,1-3H3,(H,18,24)(H,17,19,20). The smallest absolute Gasteiger partial charge is 0.239 e. The van der Waals surface area contributed by atoms with Crippen molar-refractivity contribution in [1.82, 2.24) is 29.9 Å². The van der Waals surface area contributed by atoms with Gasteiger partial charge in [-0.3, -0.25) is 19.5 Å².